The van der Waals surface area contributed by atoms with Crippen LogP contribution in [0.3, 0.4) is 0 Å². The van der Waals surface area contributed by atoms with Gasteiger partial charge >= 0.3 is 0 Å². The molecule has 1 amide bonds. The van der Waals surface area contributed by atoms with Crippen molar-refractivity contribution in [3.8, 4) is 0 Å². The number of hydrogen-bond acceptors (Lipinski definition) is 2. The van der Waals surface area contributed by atoms with Crippen molar-refractivity contribution >= 4 is 17.7 Å². The Morgan fingerprint density at radius 3 is 2.42 bits per heavy atom. The second kappa shape index (κ2) is 7.59. The molecule has 1 aromatic carbocycles. The summed E-state index contributed by atoms with van der Waals surface area (Å²) >= 11 is 1.63. The molecule has 1 aliphatic rings. The van der Waals surface area contributed by atoms with E-state index in [4.69, 9.17) is 0 Å². The summed E-state index contributed by atoms with van der Waals surface area (Å²) in [5, 5.41) is 3.23. The lowest BCUT2D eigenvalue weighted by Gasteiger charge is -2.21. The molecule has 0 unspecified atom stereocenters. The lowest BCUT2D eigenvalue weighted by atomic mass is 9.96. The van der Waals surface area contributed by atoms with Crippen LogP contribution in [-0.4, -0.2) is 18.2 Å². The first-order chi connectivity index (χ1) is 9.31. The van der Waals surface area contributed by atoms with E-state index >= 15 is 0 Å². The van der Waals surface area contributed by atoms with Gasteiger partial charge in [0.15, 0.2) is 0 Å². The minimum atomic E-state index is 0.0931. The van der Waals surface area contributed by atoms with Crippen molar-refractivity contribution in [2.45, 2.75) is 55.9 Å². The molecule has 1 saturated carbocycles. The molecule has 19 heavy (non-hydrogen) atoms. The van der Waals surface area contributed by atoms with E-state index in [9.17, 15) is 4.79 Å². The molecular weight excluding hydrogens is 254 g/mol. The highest BCUT2D eigenvalue weighted by Gasteiger charge is 2.16. The van der Waals surface area contributed by atoms with Gasteiger partial charge in [0, 0.05) is 10.9 Å². The Labute approximate surface area is 120 Å². The number of thioether (sulfide) groups is 1. The highest BCUT2D eigenvalue weighted by Crippen LogP contribution is 2.21. The van der Waals surface area contributed by atoms with Gasteiger partial charge in [-0.05, 0) is 31.2 Å². The molecule has 0 spiro atoms. The normalized spacial score (nSPS) is 17.5. The smallest absolute Gasteiger partial charge is 0.252 e. The van der Waals surface area contributed by atoms with Crippen LogP contribution < -0.4 is 5.32 Å². The first-order valence-electron chi connectivity index (χ1n) is 7.25. The van der Waals surface area contributed by atoms with E-state index in [1.807, 2.05) is 30.5 Å². The fourth-order valence-corrected chi connectivity index (χ4v) is 3.29. The molecule has 1 aliphatic carbocycles. The number of carbonyl (C=O) groups excluding carboxylic acids is 1. The van der Waals surface area contributed by atoms with Crippen LogP contribution in [0.1, 0.15) is 55.3 Å². The number of rotatable bonds is 3. The van der Waals surface area contributed by atoms with Crippen molar-refractivity contribution in [2.75, 3.05) is 6.26 Å². The van der Waals surface area contributed by atoms with E-state index in [1.54, 1.807) is 11.8 Å². The van der Waals surface area contributed by atoms with Crippen LogP contribution in [0.25, 0.3) is 0 Å². The topological polar surface area (TPSA) is 29.1 Å². The van der Waals surface area contributed by atoms with Crippen molar-refractivity contribution in [3.05, 3.63) is 29.8 Å². The van der Waals surface area contributed by atoms with Crippen LogP contribution in [0.2, 0.25) is 0 Å². The van der Waals surface area contributed by atoms with Gasteiger partial charge in [0.05, 0.1) is 5.56 Å². The Balaban J connectivity index is 1.99. The zero-order valence-electron chi connectivity index (χ0n) is 11.7. The summed E-state index contributed by atoms with van der Waals surface area (Å²) in [6, 6.07) is 8.22. The van der Waals surface area contributed by atoms with Crippen molar-refractivity contribution in [1.82, 2.24) is 5.32 Å². The van der Waals surface area contributed by atoms with E-state index in [-0.39, 0.29) is 5.91 Å². The van der Waals surface area contributed by atoms with E-state index < -0.39 is 0 Å². The third-order valence-electron chi connectivity index (χ3n) is 3.79. The summed E-state index contributed by atoms with van der Waals surface area (Å²) in [6.45, 7) is 0. The van der Waals surface area contributed by atoms with Crippen molar-refractivity contribution in [3.63, 3.8) is 0 Å². The quantitative estimate of drug-likeness (QED) is 0.837. The molecule has 1 aromatic rings. The van der Waals surface area contributed by atoms with E-state index in [1.165, 1.54) is 32.1 Å². The molecular formula is C16H23NOS. The maximum Gasteiger partial charge on any atom is 0.252 e. The standard InChI is InChI=1S/C16H23NOS/c1-19-15-12-8-7-11-14(15)16(18)17-13-9-5-3-2-4-6-10-13/h7-8,11-13H,2-6,9-10H2,1H3,(H,17,18). The monoisotopic (exact) mass is 277 g/mol. The molecule has 3 heteroatoms. The second-order valence-corrected chi connectivity index (χ2v) is 6.06. The molecule has 0 heterocycles. The van der Waals surface area contributed by atoms with Crippen molar-refractivity contribution in [1.29, 1.82) is 0 Å². The third kappa shape index (κ3) is 4.27. The molecule has 0 aliphatic heterocycles. The molecule has 0 atom stereocenters. The van der Waals surface area contributed by atoms with Gasteiger partial charge in [-0.25, -0.2) is 0 Å². The van der Waals surface area contributed by atoms with E-state index in [0.29, 0.717) is 6.04 Å². The first kappa shape index (κ1) is 14.4. The molecule has 2 nitrogen and oxygen atoms in total. The second-order valence-electron chi connectivity index (χ2n) is 5.22. The number of hydrogen-bond donors (Lipinski definition) is 1. The summed E-state index contributed by atoms with van der Waals surface area (Å²) in [6.07, 6.45) is 10.8. The summed E-state index contributed by atoms with van der Waals surface area (Å²) < 4.78 is 0. The fourth-order valence-electron chi connectivity index (χ4n) is 2.70. The summed E-state index contributed by atoms with van der Waals surface area (Å²) in [4.78, 5) is 13.4. The Morgan fingerprint density at radius 2 is 1.74 bits per heavy atom. The van der Waals surface area contributed by atoms with Gasteiger partial charge in [0.25, 0.3) is 5.91 Å². The van der Waals surface area contributed by atoms with Crippen LogP contribution in [0.5, 0.6) is 0 Å². The van der Waals surface area contributed by atoms with Crippen LogP contribution in [0, 0.1) is 0 Å². The number of nitrogens with one attached hydrogen (secondary N) is 1. The molecule has 0 bridgehead atoms. The molecule has 0 saturated heterocycles. The van der Waals surface area contributed by atoms with Gasteiger partial charge in [-0.1, -0.05) is 44.2 Å². The summed E-state index contributed by atoms with van der Waals surface area (Å²) in [7, 11) is 0. The largest absolute Gasteiger partial charge is 0.349 e. The van der Waals surface area contributed by atoms with Crippen LogP contribution in [0.4, 0.5) is 0 Å². The molecule has 0 radical (unpaired) electrons. The Bertz CT molecular complexity index is 411. The van der Waals surface area contributed by atoms with Gasteiger partial charge in [0.2, 0.25) is 0 Å². The number of benzene rings is 1. The number of amides is 1. The van der Waals surface area contributed by atoms with Crippen molar-refractivity contribution in [2.24, 2.45) is 0 Å². The SMILES string of the molecule is CSc1ccccc1C(=O)NC1CCCCCCC1. The van der Waals surface area contributed by atoms with Gasteiger partial charge in [-0.15, -0.1) is 11.8 Å². The highest BCUT2D eigenvalue weighted by atomic mass is 32.2. The minimum absolute atomic E-state index is 0.0931. The maximum atomic E-state index is 12.4. The molecule has 104 valence electrons. The summed E-state index contributed by atoms with van der Waals surface area (Å²) in [5.74, 6) is 0.0931. The molecule has 1 fully saturated rings. The van der Waals surface area contributed by atoms with Gasteiger partial charge in [0.1, 0.15) is 0 Å². The lowest BCUT2D eigenvalue weighted by Crippen LogP contribution is -2.35. The molecule has 2 rings (SSSR count). The minimum Gasteiger partial charge on any atom is -0.349 e. The molecule has 1 N–H and O–H groups in total. The Hall–Kier alpha value is -0.960. The Kier molecular flexibility index (Phi) is 5.77. The maximum absolute atomic E-state index is 12.4. The third-order valence-corrected chi connectivity index (χ3v) is 4.59. The van der Waals surface area contributed by atoms with Crippen molar-refractivity contribution < 1.29 is 4.79 Å². The zero-order valence-corrected chi connectivity index (χ0v) is 12.5. The highest BCUT2D eigenvalue weighted by molar-refractivity contribution is 7.98. The fraction of sp³-hybridized carbons (Fsp3) is 0.562. The van der Waals surface area contributed by atoms with E-state index in [2.05, 4.69) is 5.32 Å². The van der Waals surface area contributed by atoms with E-state index in [0.717, 1.165) is 23.3 Å². The predicted molar refractivity (Wildman–Crippen MR) is 81.8 cm³/mol. The van der Waals surface area contributed by atoms with Gasteiger partial charge in [-0.2, -0.15) is 0 Å². The van der Waals surface area contributed by atoms with Gasteiger partial charge < -0.3 is 5.32 Å². The average Bonchev–Trinajstić information content (AvgIpc) is 2.41. The zero-order chi connectivity index (χ0) is 13.5. The molecule has 0 aromatic heterocycles. The Morgan fingerprint density at radius 1 is 1.11 bits per heavy atom. The van der Waals surface area contributed by atoms with Crippen LogP contribution >= 0.6 is 11.8 Å². The van der Waals surface area contributed by atoms with Gasteiger partial charge in [-0.3, -0.25) is 4.79 Å². The summed E-state index contributed by atoms with van der Waals surface area (Å²) in [5.41, 5.74) is 0.817. The van der Waals surface area contributed by atoms with Crippen LogP contribution in [-0.2, 0) is 0 Å². The first-order valence-corrected chi connectivity index (χ1v) is 8.47. The van der Waals surface area contributed by atoms with Crippen LogP contribution in [0.15, 0.2) is 29.2 Å². The lowest BCUT2D eigenvalue weighted by molar-refractivity contribution is 0.0927. The predicted octanol–water partition coefficient (Wildman–Crippen LogP) is 4.25. The average molecular weight is 277 g/mol. The number of carbonyl (C=O) groups is 1.